The average molecular weight is 229 g/mol. The Hall–Kier alpha value is -0.970. The summed E-state index contributed by atoms with van der Waals surface area (Å²) in [5, 5.41) is 9.46. The van der Waals surface area contributed by atoms with Crippen molar-refractivity contribution in [1.29, 1.82) is 0 Å². The van der Waals surface area contributed by atoms with E-state index in [4.69, 9.17) is 9.52 Å². The van der Waals surface area contributed by atoms with Crippen LogP contribution < -0.4 is 0 Å². The number of hydrogen-bond donors (Lipinski definition) is 1. The summed E-state index contributed by atoms with van der Waals surface area (Å²) in [5.41, 5.74) is 0.0895. The molecule has 0 aliphatic rings. The standard InChI is InChI=1S/C10H15NO3S/c1-6-7(2)14-9(11-6)15-5-10(3,4)8(12)13/h5H2,1-4H3,(H,12,13). The Kier molecular flexibility index (Phi) is 3.44. The SMILES string of the molecule is Cc1nc(SCC(C)(C)C(=O)O)oc1C. The zero-order valence-electron chi connectivity index (χ0n) is 9.33. The Morgan fingerprint density at radius 3 is 2.53 bits per heavy atom. The highest BCUT2D eigenvalue weighted by atomic mass is 32.2. The number of carboxylic acid groups (broad SMARTS) is 1. The fraction of sp³-hybridized carbons (Fsp3) is 0.600. The summed E-state index contributed by atoms with van der Waals surface area (Å²) in [6.07, 6.45) is 0. The number of aromatic nitrogens is 1. The topological polar surface area (TPSA) is 63.3 Å². The van der Waals surface area contributed by atoms with Crippen LogP contribution in [0.5, 0.6) is 0 Å². The second-order valence-electron chi connectivity index (χ2n) is 4.10. The lowest BCUT2D eigenvalue weighted by molar-refractivity contribution is -0.145. The van der Waals surface area contributed by atoms with E-state index in [9.17, 15) is 4.79 Å². The molecular formula is C10H15NO3S. The van der Waals surface area contributed by atoms with E-state index < -0.39 is 11.4 Å². The summed E-state index contributed by atoms with van der Waals surface area (Å²) < 4.78 is 5.35. The molecule has 0 atom stereocenters. The van der Waals surface area contributed by atoms with E-state index in [0.29, 0.717) is 11.0 Å². The van der Waals surface area contributed by atoms with Gasteiger partial charge in [0.15, 0.2) is 0 Å². The number of nitrogens with zero attached hydrogens (tertiary/aromatic N) is 1. The summed E-state index contributed by atoms with van der Waals surface area (Å²) in [5.74, 6) is 0.419. The second kappa shape index (κ2) is 4.26. The van der Waals surface area contributed by atoms with E-state index in [2.05, 4.69) is 4.98 Å². The average Bonchev–Trinajstić information content (AvgIpc) is 2.43. The summed E-state index contributed by atoms with van der Waals surface area (Å²) >= 11 is 1.33. The van der Waals surface area contributed by atoms with Gasteiger partial charge < -0.3 is 9.52 Å². The predicted molar refractivity (Wildman–Crippen MR) is 58.1 cm³/mol. The lowest BCUT2D eigenvalue weighted by Crippen LogP contribution is -2.26. The van der Waals surface area contributed by atoms with Gasteiger partial charge in [-0.2, -0.15) is 0 Å². The molecule has 1 aromatic heterocycles. The third-order valence-corrected chi connectivity index (χ3v) is 3.43. The number of aryl methyl sites for hydroxylation is 2. The van der Waals surface area contributed by atoms with Gasteiger partial charge in [-0.25, -0.2) is 4.98 Å². The molecule has 0 spiro atoms. The van der Waals surface area contributed by atoms with Gasteiger partial charge in [0.1, 0.15) is 5.76 Å². The zero-order chi connectivity index (χ0) is 11.6. The minimum Gasteiger partial charge on any atom is -0.481 e. The molecule has 0 fully saturated rings. The monoisotopic (exact) mass is 229 g/mol. The van der Waals surface area contributed by atoms with E-state index in [1.165, 1.54) is 11.8 Å². The number of carboxylic acids is 1. The van der Waals surface area contributed by atoms with Crippen LogP contribution in [0.3, 0.4) is 0 Å². The first-order chi connectivity index (χ1) is 6.83. The summed E-state index contributed by atoms with van der Waals surface area (Å²) in [4.78, 5) is 15.0. The highest BCUT2D eigenvalue weighted by Crippen LogP contribution is 2.28. The Morgan fingerprint density at radius 1 is 1.53 bits per heavy atom. The van der Waals surface area contributed by atoms with Gasteiger partial charge in [0.25, 0.3) is 5.22 Å². The Balaban J connectivity index is 2.61. The smallest absolute Gasteiger partial charge is 0.309 e. The first kappa shape index (κ1) is 12.1. The van der Waals surface area contributed by atoms with Crippen molar-refractivity contribution in [3.05, 3.63) is 11.5 Å². The number of hydrogen-bond acceptors (Lipinski definition) is 4. The Bertz CT molecular complexity index is 351. The normalized spacial score (nSPS) is 11.7. The number of carbonyl (C=O) groups is 1. The molecule has 5 heteroatoms. The van der Waals surface area contributed by atoms with Crippen molar-refractivity contribution in [3.8, 4) is 0 Å². The minimum atomic E-state index is -0.810. The molecule has 1 heterocycles. The van der Waals surface area contributed by atoms with Crippen LogP contribution in [0.15, 0.2) is 9.64 Å². The van der Waals surface area contributed by atoms with Crippen LogP contribution in [0, 0.1) is 19.3 Å². The maximum absolute atomic E-state index is 10.9. The van der Waals surface area contributed by atoms with Crippen molar-refractivity contribution in [2.45, 2.75) is 32.9 Å². The number of thioether (sulfide) groups is 1. The van der Waals surface area contributed by atoms with Crippen LogP contribution >= 0.6 is 11.8 Å². The molecule has 0 amide bonds. The van der Waals surface area contributed by atoms with Crippen molar-refractivity contribution in [2.24, 2.45) is 5.41 Å². The Morgan fingerprint density at radius 2 is 2.13 bits per heavy atom. The third kappa shape index (κ3) is 2.99. The lowest BCUT2D eigenvalue weighted by atomic mass is 9.97. The van der Waals surface area contributed by atoms with Crippen molar-refractivity contribution in [3.63, 3.8) is 0 Å². The van der Waals surface area contributed by atoms with E-state index in [-0.39, 0.29) is 0 Å². The summed E-state index contributed by atoms with van der Waals surface area (Å²) in [6.45, 7) is 7.08. The summed E-state index contributed by atoms with van der Waals surface area (Å²) in [7, 11) is 0. The fourth-order valence-electron chi connectivity index (χ4n) is 0.809. The van der Waals surface area contributed by atoms with Gasteiger partial charge in [-0.3, -0.25) is 4.79 Å². The molecule has 0 bridgehead atoms. The molecule has 0 unspecified atom stereocenters. The van der Waals surface area contributed by atoms with E-state index in [1.807, 2.05) is 13.8 Å². The molecule has 0 aliphatic carbocycles. The maximum atomic E-state index is 10.9. The molecule has 84 valence electrons. The number of oxazole rings is 1. The van der Waals surface area contributed by atoms with Crippen molar-refractivity contribution in [2.75, 3.05) is 5.75 Å². The molecule has 0 aliphatic heterocycles. The van der Waals surface area contributed by atoms with Crippen LogP contribution in [0.2, 0.25) is 0 Å². The van der Waals surface area contributed by atoms with Gasteiger partial charge >= 0.3 is 5.97 Å². The fourth-order valence-corrected chi connectivity index (χ4v) is 1.80. The van der Waals surface area contributed by atoms with Crippen molar-refractivity contribution >= 4 is 17.7 Å². The van der Waals surface area contributed by atoms with Crippen molar-refractivity contribution in [1.82, 2.24) is 4.98 Å². The van der Waals surface area contributed by atoms with E-state index >= 15 is 0 Å². The molecule has 1 aromatic rings. The molecular weight excluding hydrogens is 214 g/mol. The number of rotatable bonds is 4. The highest BCUT2D eigenvalue weighted by molar-refractivity contribution is 7.99. The van der Waals surface area contributed by atoms with Crippen LogP contribution in [0.25, 0.3) is 0 Å². The second-order valence-corrected chi connectivity index (χ2v) is 5.03. The lowest BCUT2D eigenvalue weighted by Gasteiger charge is -2.16. The van der Waals surface area contributed by atoms with Crippen LogP contribution in [-0.4, -0.2) is 21.8 Å². The first-order valence-corrected chi connectivity index (χ1v) is 5.62. The third-order valence-electron chi connectivity index (χ3n) is 2.14. The van der Waals surface area contributed by atoms with E-state index in [1.54, 1.807) is 13.8 Å². The van der Waals surface area contributed by atoms with Crippen LogP contribution in [-0.2, 0) is 4.79 Å². The van der Waals surface area contributed by atoms with Crippen LogP contribution in [0.1, 0.15) is 25.3 Å². The largest absolute Gasteiger partial charge is 0.481 e. The summed E-state index contributed by atoms with van der Waals surface area (Å²) in [6, 6.07) is 0. The molecule has 1 rings (SSSR count). The van der Waals surface area contributed by atoms with Gasteiger partial charge in [0, 0.05) is 5.75 Å². The molecule has 4 nitrogen and oxygen atoms in total. The predicted octanol–water partition coefficient (Wildman–Crippen LogP) is 2.49. The molecule has 1 N–H and O–H groups in total. The molecule has 15 heavy (non-hydrogen) atoms. The molecule has 0 aromatic carbocycles. The maximum Gasteiger partial charge on any atom is 0.309 e. The van der Waals surface area contributed by atoms with Gasteiger partial charge in [0.2, 0.25) is 0 Å². The molecule has 0 saturated heterocycles. The first-order valence-electron chi connectivity index (χ1n) is 4.63. The van der Waals surface area contributed by atoms with Gasteiger partial charge in [-0.1, -0.05) is 11.8 Å². The van der Waals surface area contributed by atoms with Crippen molar-refractivity contribution < 1.29 is 14.3 Å². The van der Waals surface area contributed by atoms with Gasteiger partial charge in [0.05, 0.1) is 11.1 Å². The number of aliphatic carboxylic acids is 1. The molecule has 0 radical (unpaired) electrons. The highest BCUT2D eigenvalue weighted by Gasteiger charge is 2.28. The van der Waals surface area contributed by atoms with Gasteiger partial charge in [-0.05, 0) is 27.7 Å². The zero-order valence-corrected chi connectivity index (χ0v) is 10.1. The Labute approximate surface area is 93.1 Å². The van der Waals surface area contributed by atoms with E-state index in [0.717, 1.165) is 11.5 Å². The van der Waals surface area contributed by atoms with Gasteiger partial charge in [-0.15, -0.1) is 0 Å². The van der Waals surface area contributed by atoms with Crippen LogP contribution in [0.4, 0.5) is 0 Å². The molecule has 0 saturated carbocycles. The minimum absolute atomic E-state index is 0.446. The quantitative estimate of drug-likeness (QED) is 0.804.